The third-order valence-corrected chi connectivity index (χ3v) is 3.28. The van der Waals surface area contributed by atoms with Crippen molar-refractivity contribution in [1.29, 1.82) is 0 Å². The molecule has 1 heterocycles. The highest BCUT2D eigenvalue weighted by Crippen LogP contribution is 2.29. The molecule has 1 aromatic carbocycles. The maximum absolute atomic E-state index is 5.39. The molecule has 0 saturated carbocycles. The van der Waals surface area contributed by atoms with E-state index in [9.17, 15) is 0 Å². The fraction of sp³-hybridized carbons (Fsp3) is 0.250. The van der Waals surface area contributed by atoms with Crippen molar-refractivity contribution >= 4 is 15.9 Å². The minimum atomic E-state index is 0.685. The fourth-order valence-electron chi connectivity index (χ4n) is 1.48. The van der Waals surface area contributed by atoms with Crippen molar-refractivity contribution in [1.82, 2.24) is 10.2 Å². The van der Waals surface area contributed by atoms with Gasteiger partial charge >= 0.3 is 0 Å². The summed E-state index contributed by atoms with van der Waals surface area (Å²) in [6.45, 7) is 4.64. The molecule has 0 spiro atoms. The number of ether oxygens (including phenoxy) is 1. The molecule has 0 unspecified atom stereocenters. The van der Waals surface area contributed by atoms with Crippen LogP contribution in [0.15, 0.2) is 28.7 Å². The standard InChI is InChI=1S/C12H13BrN2O/c1-3-16-10-6-4-9(5-7-10)12-11(13)8(2)14-15-12/h4-7H,3H2,1-2H3,(H,14,15). The van der Waals surface area contributed by atoms with Crippen molar-refractivity contribution in [3.8, 4) is 17.0 Å². The van der Waals surface area contributed by atoms with Crippen LogP contribution in [-0.2, 0) is 0 Å². The molecule has 0 bridgehead atoms. The van der Waals surface area contributed by atoms with Crippen molar-refractivity contribution in [2.24, 2.45) is 0 Å². The molecule has 0 saturated heterocycles. The molecular weight excluding hydrogens is 268 g/mol. The van der Waals surface area contributed by atoms with Crippen molar-refractivity contribution in [2.75, 3.05) is 6.61 Å². The van der Waals surface area contributed by atoms with Gasteiger partial charge in [0.15, 0.2) is 0 Å². The van der Waals surface area contributed by atoms with Gasteiger partial charge in [-0.1, -0.05) is 0 Å². The molecule has 2 aromatic rings. The highest BCUT2D eigenvalue weighted by molar-refractivity contribution is 9.10. The zero-order valence-electron chi connectivity index (χ0n) is 9.25. The van der Waals surface area contributed by atoms with E-state index in [0.29, 0.717) is 6.61 Å². The molecule has 0 atom stereocenters. The lowest BCUT2D eigenvalue weighted by atomic mass is 10.1. The number of H-pyrrole nitrogens is 1. The van der Waals surface area contributed by atoms with Crippen LogP contribution in [0.3, 0.4) is 0 Å². The van der Waals surface area contributed by atoms with Gasteiger partial charge in [0.25, 0.3) is 0 Å². The lowest BCUT2D eigenvalue weighted by molar-refractivity contribution is 0.340. The van der Waals surface area contributed by atoms with Crippen LogP contribution in [0.25, 0.3) is 11.3 Å². The van der Waals surface area contributed by atoms with Crippen LogP contribution >= 0.6 is 15.9 Å². The summed E-state index contributed by atoms with van der Waals surface area (Å²) in [6.07, 6.45) is 0. The zero-order chi connectivity index (χ0) is 11.5. The lowest BCUT2D eigenvalue weighted by Crippen LogP contribution is -1.90. The maximum Gasteiger partial charge on any atom is 0.119 e. The number of aromatic amines is 1. The lowest BCUT2D eigenvalue weighted by Gasteiger charge is -2.03. The number of aryl methyl sites for hydroxylation is 1. The molecule has 16 heavy (non-hydrogen) atoms. The van der Waals surface area contributed by atoms with E-state index in [1.165, 1.54) is 0 Å². The highest BCUT2D eigenvalue weighted by Gasteiger charge is 2.09. The summed E-state index contributed by atoms with van der Waals surface area (Å²) in [5.74, 6) is 0.884. The van der Waals surface area contributed by atoms with E-state index in [1.54, 1.807) is 0 Å². The van der Waals surface area contributed by atoms with Crippen LogP contribution < -0.4 is 4.74 Å². The number of benzene rings is 1. The number of nitrogens with zero attached hydrogens (tertiary/aromatic N) is 1. The normalized spacial score (nSPS) is 10.4. The third kappa shape index (κ3) is 2.11. The Balaban J connectivity index is 2.31. The number of hydrogen-bond acceptors (Lipinski definition) is 2. The number of nitrogens with one attached hydrogen (secondary N) is 1. The molecule has 0 radical (unpaired) electrons. The Bertz CT molecular complexity index is 476. The van der Waals surface area contributed by atoms with Crippen molar-refractivity contribution in [3.05, 3.63) is 34.4 Å². The topological polar surface area (TPSA) is 37.9 Å². The van der Waals surface area contributed by atoms with Gasteiger partial charge in [-0.25, -0.2) is 0 Å². The second kappa shape index (κ2) is 4.70. The van der Waals surface area contributed by atoms with Crippen LogP contribution in [0.2, 0.25) is 0 Å². The smallest absolute Gasteiger partial charge is 0.119 e. The number of aromatic nitrogens is 2. The van der Waals surface area contributed by atoms with Crippen LogP contribution in [0.5, 0.6) is 5.75 Å². The first-order valence-electron chi connectivity index (χ1n) is 5.16. The molecule has 84 valence electrons. The van der Waals surface area contributed by atoms with Gasteiger partial charge in [-0.15, -0.1) is 0 Å². The van der Waals surface area contributed by atoms with Crippen LogP contribution in [0, 0.1) is 6.92 Å². The Morgan fingerprint density at radius 2 is 2.00 bits per heavy atom. The molecule has 0 fully saturated rings. The van der Waals surface area contributed by atoms with Crippen LogP contribution in [0.1, 0.15) is 12.6 Å². The Hall–Kier alpha value is -1.29. The maximum atomic E-state index is 5.39. The minimum absolute atomic E-state index is 0.685. The Morgan fingerprint density at radius 3 is 2.50 bits per heavy atom. The van der Waals surface area contributed by atoms with Gasteiger partial charge in [0.2, 0.25) is 0 Å². The largest absolute Gasteiger partial charge is 0.494 e. The second-order valence-electron chi connectivity index (χ2n) is 3.47. The summed E-state index contributed by atoms with van der Waals surface area (Å²) in [4.78, 5) is 0. The van der Waals surface area contributed by atoms with E-state index < -0.39 is 0 Å². The SMILES string of the molecule is CCOc1ccc(-c2n[nH]c(C)c2Br)cc1. The Labute approximate surface area is 103 Å². The summed E-state index contributed by atoms with van der Waals surface area (Å²) >= 11 is 3.51. The van der Waals surface area contributed by atoms with Gasteiger partial charge < -0.3 is 4.74 Å². The molecule has 1 N–H and O–H groups in total. The number of halogens is 1. The summed E-state index contributed by atoms with van der Waals surface area (Å²) < 4.78 is 6.40. The average molecular weight is 281 g/mol. The van der Waals surface area contributed by atoms with E-state index in [2.05, 4.69) is 26.1 Å². The summed E-state index contributed by atoms with van der Waals surface area (Å²) in [6, 6.07) is 7.92. The molecule has 0 aliphatic heterocycles. The van der Waals surface area contributed by atoms with E-state index in [1.807, 2.05) is 38.1 Å². The van der Waals surface area contributed by atoms with Gasteiger partial charge in [0, 0.05) is 11.3 Å². The Kier molecular flexibility index (Phi) is 3.29. The van der Waals surface area contributed by atoms with Gasteiger partial charge in [0.1, 0.15) is 11.4 Å². The van der Waals surface area contributed by atoms with Crippen LogP contribution in [0.4, 0.5) is 0 Å². The van der Waals surface area contributed by atoms with Gasteiger partial charge in [-0.05, 0) is 54.0 Å². The zero-order valence-corrected chi connectivity index (χ0v) is 10.8. The van der Waals surface area contributed by atoms with Gasteiger partial charge in [0.05, 0.1) is 11.1 Å². The highest BCUT2D eigenvalue weighted by atomic mass is 79.9. The number of rotatable bonds is 3. The average Bonchev–Trinajstić information content (AvgIpc) is 2.62. The summed E-state index contributed by atoms with van der Waals surface area (Å²) in [5, 5.41) is 7.20. The van der Waals surface area contributed by atoms with Gasteiger partial charge in [-0.3, -0.25) is 5.10 Å². The molecule has 3 nitrogen and oxygen atoms in total. The minimum Gasteiger partial charge on any atom is -0.494 e. The summed E-state index contributed by atoms with van der Waals surface area (Å²) in [5.41, 5.74) is 3.03. The molecule has 0 amide bonds. The van der Waals surface area contributed by atoms with Crippen LogP contribution in [-0.4, -0.2) is 16.8 Å². The second-order valence-corrected chi connectivity index (χ2v) is 4.26. The Morgan fingerprint density at radius 1 is 1.31 bits per heavy atom. The first-order chi connectivity index (χ1) is 7.72. The first-order valence-corrected chi connectivity index (χ1v) is 5.95. The third-order valence-electron chi connectivity index (χ3n) is 2.31. The van der Waals surface area contributed by atoms with E-state index in [0.717, 1.165) is 27.2 Å². The van der Waals surface area contributed by atoms with E-state index in [4.69, 9.17) is 4.74 Å². The van der Waals surface area contributed by atoms with Crippen molar-refractivity contribution in [2.45, 2.75) is 13.8 Å². The van der Waals surface area contributed by atoms with E-state index >= 15 is 0 Å². The monoisotopic (exact) mass is 280 g/mol. The molecule has 0 aliphatic rings. The molecule has 1 aromatic heterocycles. The van der Waals surface area contributed by atoms with Crippen molar-refractivity contribution < 1.29 is 4.74 Å². The molecule has 4 heteroatoms. The molecule has 2 rings (SSSR count). The predicted octanol–water partition coefficient (Wildman–Crippen LogP) is 3.55. The van der Waals surface area contributed by atoms with Crippen molar-refractivity contribution in [3.63, 3.8) is 0 Å². The molecular formula is C12H13BrN2O. The fourth-order valence-corrected chi connectivity index (χ4v) is 1.89. The van der Waals surface area contributed by atoms with Gasteiger partial charge in [-0.2, -0.15) is 5.10 Å². The predicted molar refractivity (Wildman–Crippen MR) is 67.6 cm³/mol. The number of hydrogen-bond donors (Lipinski definition) is 1. The summed E-state index contributed by atoms with van der Waals surface area (Å²) in [7, 11) is 0. The molecule has 0 aliphatic carbocycles. The quantitative estimate of drug-likeness (QED) is 0.934. The first kappa shape index (κ1) is 11.2. The van der Waals surface area contributed by atoms with E-state index in [-0.39, 0.29) is 0 Å².